The van der Waals surface area contributed by atoms with E-state index in [0.717, 1.165) is 22.7 Å². The van der Waals surface area contributed by atoms with Crippen LogP contribution in [-0.4, -0.2) is 44.1 Å². The van der Waals surface area contributed by atoms with E-state index < -0.39 is 23.8 Å². The Labute approximate surface area is 258 Å². The number of benzene rings is 2. The molecular formula is C32H33IN2O7. The number of methoxy groups -OCH3 is 1. The molecule has 5 aliphatic rings. The van der Waals surface area contributed by atoms with Crippen molar-refractivity contribution < 1.29 is 33.4 Å². The van der Waals surface area contributed by atoms with E-state index in [1.807, 2.05) is 34.7 Å². The zero-order valence-electron chi connectivity index (χ0n) is 23.6. The number of hydrogen-bond donors (Lipinski definition) is 1. The number of amides is 4. The van der Waals surface area contributed by atoms with Gasteiger partial charge in [0.05, 0.1) is 23.0 Å². The van der Waals surface area contributed by atoms with E-state index in [9.17, 15) is 19.2 Å². The molecule has 9 nitrogen and oxygen atoms in total. The largest absolute Gasteiger partial charge is 0.493 e. The number of nitrogens with one attached hydrogen (secondary N) is 1. The van der Waals surface area contributed by atoms with Gasteiger partial charge in [-0.3, -0.25) is 14.9 Å². The number of carbonyl (C=O) groups is 4. The van der Waals surface area contributed by atoms with Crippen LogP contribution in [0.15, 0.2) is 42.0 Å². The Balaban J connectivity index is 1.24. The number of esters is 1. The summed E-state index contributed by atoms with van der Waals surface area (Å²) in [6.45, 7) is 1.66. The first-order valence-electron chi connectivity index (χ1n) is 14.4. The number of rotatable bonds is 8. The molecule has 1 aliphatic heterocycles. The lowest BCUT2D eigenvalue weighted by molar-refractivity contribution is -0.145. The third-order valence-electron chi connectivity index (χ3n) is 9.08. The van der Waals surface area contributed by atoms with Crippen LogP contribution in [0.2, 0.25) is 0 Å². The van der Waals surface area contributed by atoms with Crippen LogP contribution in [0, 0.1) is 21.3 Å². The maximum absolute atomic E-state index is 13.6. The molecule has 42 heavy (non-hydrogen) atoms. The van der Waals surface area contributed by atoms with Gasteiger partial charge in [0.25, 0.3) is 11.8 Å². The summed E-state index contributed by atoms with van der Waals surface area (Å²) < 4.78 is 16.6. The average molecular weight is 685 g/mol. The quantitative estimate of drug-likeness (QED) is 0.172. The number of hydrogen-bond acceptors (Lipinski definition) is 7. The molecule has 4 bridgehead atoms. The number of imide groups is 2. The van der Waals surface area contributed by atoms with E-state index in [0.29, 0.717) is 26.3 Å². The predicted molar refractivity (Wildman–Crippen MR) is 163 cm³/mol. The van der Waals surface area contributed by atoms with Gasteiger partial charge in [-0.2, -0.15) is 0 Å². The summed E-state index contributed by atoms with van der Waals surface area (Å²) >= 11 is 2.02. The molecule has 220 valence electrons. The number of anilines is 1. The smallest absolute Gasteiger partial charge is 0.344 e. The Bertz CT molecular complexity index is 1450. The number of urea groups is 1. The van der Waals surface area contributed by atoms with Crippen molar-refractivity contribution in [3.63, 3.8) is 0 Å². The molecule has 0 radical (unpaired) electrons. The lowest BCUT2D eigenvalue weighted by atomic mass is 9.48. The molecule has 4 saturated carbocycles. The molecule has 10 heteroatoms. The lowest BCUT2D eigenvalue weighted by Gasteiger charge is -2.57. The van der Waals surface area contributed by atoms with E-state index in [1.165, 1.54) is 57.3 Å². The fourth-order valence-electron chi connectivity index (χ4n) is 7.78. The van der Waals surface area contributed by atoms with E-state index >= 15 is 0 Å². The van der Waals surface area contributed by atoms with Gasteiger partial charge in [0.1, 0.15) is 5.57 Å². The second-order valence-corrected chi connectivity index (χ2v) is 13.0. The molecule has 4 aliphatic carbocycles. The molecule has 5 fully saturated rings. The van der Waals surface area contributed by atoms with Crippen molar-refractivity contribution in [2.75, 3.05) is 25.2 Å². The van der Waals surface area contributed by atoms with Crippen molar-refractivity contribution in [2.24, 2.45) is 17.8 Å². The first-order chi connectivity index (χ1) is 20.2. The van der Waals surface area contributed by atoms with Gasteiger partial charge in [-0.05, 0) is 133 Å². The molecule has 1 N–H and O–H groups in total. The van der Waals surface area contributed by atoms with Gasteiger partial charge in [0, 0.05) is 0 Å². The summed E-state index contributed by atoms with van der Waals surface area (Å²) in [5.41, 5.74) is 2.21. The molecule has 2 aromatic rings. The van der Waals surface area contributed by atoms with Crippen molar-refractivity contribution in [2.45, 2.75) is 50.9 Å². The highest BCUT2D eigenvalue weighted by molar-refractivity contribution is 14.1. The highest BCUT2D eigenvalue weighted by atomic mass is 127. The standard InChI is InChI=1S/C32H33IN2O7/c1-3-41-27(36)17-42-28-25(33)12-18(13-26(28)40-2)11-24-29(37)34-31(39)35(30(24)38)23-6-4-22(5-7-23)32-14-19-8-20(15-32)10-21(9-19)16-32/h4-7,11-13,19-21H,3,8-10,14-17H2,1-2H3,(H,34,37,39)/b24-11+. The second kappa shape index (κ2) is 11.3. The van der Waals surface area contributed by atoms with Gasteiger partial charge in [0.15, 0.2) is 18.1 Å². The van der Waals surface area contributed by atoms with Crippen LogP contribution in [0.3, 0.4) is 0 Å². The summed E-state index contributed by atoms with van der Waals surface area (Å²) in [5.74, 6) is 1.09. The summed E-state index contributed by atoms with van der Waals surface area (Å²) in [7, 11) is 1.45. The molecule has 0 atom stereocenters. The maximum Gasteiger partial charge on any atom is 0.344 e. The topological polar surface area (TPSA) is 111 Å². The molecule has 1 heterocycles. The fourth-order valence-corrected chi connectivity index (χ4v) is 8.56. The van der Waals surface area contributed by atoms with Gasteiger partial charge < -0.3 is 14.2 Å². The molecule has 2 aromatic carbocycles. The number of nitrogens with zero attached hydrogens (tertiary/aromatic N) is 1. The van der Waals surface area contributed by atoms with E-state index in [-0.39, 0.29) is 24.2 Å². The zero-order chi connectivity index (χ0) is 29.6. The van der Waals surface area contributed by atoms with Gasteiger partial charge >= 0.3 is 12.0 Å². The molecule has 7 rings (SSSR count). The van der Waals surface area contributed by atoms with Crippen molar-refractivity contribution >= 4 is 58.2 Å². The predicted octanol–water partition coefficient (Wildman–Crippen LogP) is 5.38. The van der Waals surface area contributed by atoms with E-state index in [1.54, 1.807) is 19.1 Å². The highest BCUT2D eigenvalue weighted by Gasteiger charge is 2.51. The van der Waals surface area contributed by atoms with Crippen LogP contribution < -0.4 is 19.7 Å². The Morgan fingerprint density at radius 2 is 1.69 bits per heavy atom. The minimum atomic E-state index is -0.778. The fraction of sp³-hybridized carbons (Fsp3) is 0.438. The van der Waals surface area contributed by atoms with Crippen LogP contribution in [0.1, 0.15) is 56.6 Å². The monoisotopic (exact) mass is 684 g/mol. The Morgan fingerprint density at radius 1 is 1.05 bits per heavy atom. The van der Waals surface area contributed by atoms with E-state index in [2.05, 4.69) is 17.4 Å². The molecule has 4 amide bonds. The van der Waals surface area contributed by atoms with Crippen molar-refractivity contribution in [3.05, 3.63) is 56.7 Å². The third-order valence-corrected chi connectivity index (χ3v) is 9.88. The van der Waals surface area contributed by atoms with Gasteiger partial charge in [-0.15, -0.1) is 0 Å². The maximum atomic E-state index is 13.6. The zero-order valence-corrected chi connectivity index (χ0v) is 25.8. The van der Waals surface area contributed by atoms with E-state index in [4.69, 9.17) is 14.2 Å². The Morgan fingerprint density at radius 3 is 2.29 bits per heavy atom. The number of carbonyl (C=O) groups excluding carboxylic acids is 4. The number of ether oxygens (including phenoxy) is 3. The first kappa shape index (κ1) is 28.7. The molecular weight excluding hydrogens is 651 g/mol. The highest BCUT2D eigenvalue weighted by Crippen LogP contribution is 2.60. The van der Waals surface area contributed by atoms with Crippen molar-refractivity contribution in [1.29, 1.82) is 0 Å². The summed E-state index contributed by atoms with van der Waals surface area (Å²) in [5, 5.41) is 2.30. The molecule has 0 unspecified atom stereocenters. The van der Waals surface area contributed by atoms with Crippen LogP contribution >= 0.6 is 22.6 Å². The third kappa shape index (κ3) is 5.29. The van der Waals surface area contributed by atoms with Crippen molar-refractivity contribution in [3.8, 4) is 11.5 Å². The summed E-state index contributed by atoms with van der Waals surface area (Å²) in [6.07, 6.45) is 9.15. The van der Waals surface area contributed by atoms with Crippen LogP contribution in [0.25, 0.3) is 6.08 Å². The van der Waals surface area contributed by atoms with Crippen molar-refractivity contribution in [1.82, 2.24) is 5.32 Å². The SMILES string of the molecule is CCOC(=O)COc1c(I)cc(/C=C2\C(=O)NC(=O)N(c3ccc(C45CC6CC(CC(C6)C4)C5)cc3)C2=O)cc1OC. The molecule has 0 spiro atoms. The minimum absolute atomic E-state index is 0.183. The first-order valence-corrected chi connectivity index (χ1v) is 15.5. The molecule has 0 aromatic heterocycles. The molecule has 1 saturated heterocycles. The van der Waals surface area contributed by atoms with Crippen LogP contribution in [-0.2, 0) is 24.5 Å². The van der Waals surface area contributed by atoms with Crippen LogP contribution in [0.5, 0.6) is 11.5 Å². The summed E-state index contributed by atoms with van der Waals surface area (Å²) in [6, 6.07) is 10.3. The average Bonchev–Trinajstić information content (AvgIpc) is 2.94. The second-order valence-electron chi connectivity index (χ2n) is 11.8. The Hall–Kier alpha value is -3.41. The lowest BCUT2D eigenvalue weighted by Crippen LogP contribution is -2.54. The summed E-state index contributed by atoms with van der Waals surface area (Å²) in [4.78, 5) is 52.0. The van der Waals surface area contributed by atoms with Gasteiger partial charge in [0.2, 0.25) is 0 Å². The normalized spacial score (nSPS) is 27.3. The van der Waals surface area contributed by atoms with Crippen LogP contribution in [0.4, 0.5) is 10.5 Å². The minimum Gasteiger partial charge on any atom is -0.493 e. The van der Waals surface area contributed by atoms with Gasteiger partial charge in [-0.25, -0.2) is 14.5 Å². The number of barbiturate groups is 1. The van der Waals surface area contributed by atoms with Gasteiger partial charge in [-0.1, -0.05) is 12.1 Å². The number of halogens is 1. The Kier molecular flexibility index (Phi) is 7.75.